The summed E-state index contributed by atoms with van der Waals surface area (Å²) in [5.41, 5.74) is 0.179. The Hall–Kier alpha value is -2.29. The Labute approximate surface area is 176 Å². The van der Waals surface area contributed by atoms with Crippen LogP contribution in [0, 0.1) is 5.82 Å². The van der Waals surface area contributed by atoms with Crippen LogP contribution in [0.25, 0.3) is 0 Å². The lowest BCUT2D eigenvalue weighted by atomic mass is 10.00. The van der Waals surface area contributed by atoms with E-state index in [2.05, 4.69) is 0 Å². The molecule has 0 atom stereocenters. The molecule has 2 heterocycles. The number of nitrogens with zero attached hydrogens (tertiary/aromatic N) is 2. The molecule has 2 saturated heterocycles. The molecule has 0 aliphatic carbocycles. The highest BCUT2D eigenvalue weighted by atomic mass is 32.2. The predicted octanol–water partition coefficient (Wildman–Crippen LogP) is 2.80. The van der Waals surface area contributed by atoms with Gasteiger partial charge in [0.05, 0.1) is 11.5 Å². The second-order valence-corrected chi connectivity index (χ2v) is 9.55. The summed E-state index contributed by atoms with van der Waals surface area (Å²) in [5, 5.41) is 0. The lowest BCUT2D eigenvalue weighted by Crippen LogP contribution is -2.55. The van der Waals surface area contributed by atoms with Crippen molar-refractivity contribution in [2.75, 3.05) is 26.2 Å². The van der Waals surface area contributed by atoms with Gasteiger partial charge in [-0.25, -0.2) is 12.8 Å². The zero-order valence-electron chi connectivity index (χ0n) is 16.7. The standard InChI is InChI=1S/C22H25FN2O4S/c23-19-7-9-20(10-8-19)30(27,28)25-16-17-29-22(25)12-14-24(15-13-22)21(26)11-6-18-4-2-1-3-5-18/h1-5,7-10H,6,11-17H2. The van der Waals surface area contributed by atoms with Crippen LogP contribution < -0.4 is 0 Å². The highest BCUT2D eigenvalue weighted by molar-refractivity contribution is 7.89. The monoisotopic (exact) mass is 432 g/mol. The van der Waals surface area contributed by atoms with Crippen LogP contribution in [0.4, 0.5) is 4.39 Å². The first kappa shape index (κ1) is 21.0. The van der Waals surface area contributed by atoms with Gasteiger partial charge in [-0.3, -0.25) is 4.79 Å². The number of benzene rings is 2. The Bertz CT molecular complexity index is 988. The number of likely N-dealkylation sites (tertiary alicyclic amines) is 1. The predicted molar refractivity (Wildman–Crippen MR) is 110 cm³/mol. The van der Waals surface area contributed by atoms with E-state index in [9.17, 15) is 17.6 Å². The molecule has 0 saturated carbocycles. The molecule has 0 aromatic heterocycles. The Morgan fingerprint density at radius 1 is 1.00 bits per heavy atom. The van der Waals surface area contributed by atoms with E-state index in [4.69, 9.17) is 4.74 Å². The molecular formula is C22H25FN2O4S. The lowest BCUT2D eigenvalue weighted by Gasteiger charge is -2.42. The van der Waals surface area contributed by atoms with E-state index in [1.165, 1.54) is 16.4 Å². The van der Waals surface area contributed by atoms with Crippen LogP contribution >= 0.6 is 0 Å². The summed E-state index contributed by atoms with van der Waals surface area (Å²) in [6.07, 6.45) is 1.95. The summed E-state index contributed by atoms with van der Waals surface area (Å²) in [4.78, 5) is 14.5. The molecule has 2 aromatic carbocycles. The van der Waals surface area contributed by atoms with Crippen LogP contribution in [0.1, 0.15) is 24.8 Å². The second-order valence-electron chi connectivity index (χ2n) is 7.69. The molecule has 2 aromatic rings. The number of amides is 1. The van der Waals surface area contributed by atoms with Gasteiger partial charge >= 0.3 is 0 Å². The zero-order valence-corrected chi connectivity index (χ0v) is 17.5. The fourth-order valence-electron chi connectivity index (χ4n) is 4.22. The molecule has 2 aliphatic rings. The lowest BCUT2D eigenvalue weighted by molar-refractivity contribution is -0.140. The number of ether oxygens (including phenoxy) is 1. The molecule has 30 heavy (non-hydrogen) atoms. The fourth-order valence-corrected chi connectivity index (χ4v) is 5.94. The number of sulfonamides is 1. The van der Waals surface area contributed by atoms with Crippen LogP contribution in [0.5, 0.6) is 0 Å². The van der Waals surface area contributed by atoms with E-state index >= 15 is 0 Å². The summed E-state index contributed by atoms with van der Waals surface area (Å²) in [6.45, 7) is 1.45. The molecule has 2 aliphatic heterocycles. The first-order valence-corrected chi connectivity index (χ1v) is 11.6. The smallest absolute Gasteiger partial charge is 0.245 e. The third-order valence-electron chi connectivity index (χ3n) is 5.89. The van der Waals surface area contributed by atoms with Gasteiger partial charge in [-0.05, 0) is 36.2 Å². The summed E-state index contributed by atoms with van der Waals surface area (Å²) in [7, 11) is -3.81. The molecule has 4 rings (SSSR count). The fraction of sp³-hybridized carbons (Fsp3) is 0.409. The van der Waals surface area contributed by atoms with Crippen molar-refractivity contribution in [1.82, 2.24) is 9.21 Å². The van der Waals surface area contributed by atoms with Crippen LogP contribution in [0.15, 0.2) is 59.5 Å². The number of carbonyl (C=O) groups excluding carboxylic acids is 1. The minimum atomic E-state index is -3.81. The van der Waals surface area contributed by atoms with Crippen molar-refractivity contribution in [2.24, 2.45) is 0 Å². The summed E-state index contributed by atoms with van der Waals surface area (Å²) < 4.78 is 46.8. The third-order valence-corrected chi connectivity index (χ3v) is 7.85. The summed E-state index contributed by atoms with van der Waals surface area (Å²) >= 11 is 0. The molecular weight excluding hydrogens is 407 g/mol. The highest BCUT2D eigenvalue weighted by Crippen LogP contribution is 2.38. The Morgan fingerprint density at radius 3 is 2.33 bits per heavy atom. The Morgan fingerprint density at radius 2 is 1.67 bits per heavy atom. The number of piperidine rings is 1. The SMILES string of the molecule is O=C(CCc1ccccc1)N1CCC2(CC1)OCCN2S(=O)(=O)c1ccc(F)cc1. The molecule has 6 nitrogen and oxygen atoms in total. The van der Waals surface area contributed by atoms with Gasteiger partial charge in [0, 0.05) is 38.9 Å². The average molecular weight is 433 g/mol. The van der Waals surface area contributed by atoms with Crippen LogP contribution in [-0.2, 0) is 26.0 Å². The largest absolute Gasteiger partial charge is 0.358 e. The number of hydrogen-bond donors (Lipinski definition) is 0. The molecule has 1 spiro atoms. The zero-order chi connectivity index (χ0) is 21.2. The van der Waals surface area contributed by atoms with E-state index in [1.54, 1.807) is 4.90 Å². The molecule has 0 radical (unpaired) electrons. The number of halogens is 1. The van der Waals surface area contributed by atoms with Crippen molar-refractivity contribution in [3.05, 3.63) is 66.0 Å². The first-order valence-electron chi connectivity index (χ1n) is 10.1. The van der Waals surface area contributed by atoms with E-state index in [1.807, 2.05) is 30.3 Å². The van der Waals surface area contributed by atoms with Crippen molar-refractivity contribution >= 4 is 15.9 Å². The quantitative estimate of drug-likeness (QED) is 0.729. The molecule has 1 amide bonds. The van der Waals surface area contributed by atoms with Crippen molar-refractivity contribution in [2.45, 2.75) is 36.3 Å². The number of rotatable bonds is 5. The summed E-state index contributed by atoms with van der Waals surface area (Å²) in [5.74, 6) is -0.414. The number of aryl methyl sites for hydroxylation is 1. The minimum absolute atomic E-state index is 0.0511. The molecule has 8 heteroatoms. The Balaban J connectivity index is 1.41. The summed E-state index contributed by atoms with van der Waals surface area (Å²) in [6, 6.07) is 14.7. The van der Waals surface area contributed by atoms with Crippen molar-refractivity contribution in [3.63, 3.8) is 0 Å². The van der Waals surface area contributed by atoms with Crippen LogP contribution in [0.3, 0.4) is 0 Å². The highest BCUT2D eigenvalue weighted by Gasteiger charge is 2.50. The molecule has 0 N–H and O–H groups in total. The van der Waals surface area contributed by atoms with Crippen molar-refractivity contribution in [1.29, 1.82) is 0 Å². The maximum Gasteiger partial charge on any atom is 0.245 e. The van der Waals surface area contributed by atoms with Gasteiger partial charge in [-0.15, -0.1) is 0 Å². The van der Waals surface area contributed by atoms with Gasteiger partial charge in [0.15, 0.2) is 0 Å². The van der Waals surface area contributed by atoms with Gasteiger partial charge in [-0.2, -0.15) is 4.31 Å². The van der Waals surface area contributed by atoms with Gasteiger partial charge in [0.1, 0.15) is 11.5 Å². The topological polar surface area (TPSA) is 66.9 Å². The molecule has 0 unspecified atom stereocenters. The average Bonchev–Trinajstić information content (AvgIpc) is 3.17. The van der Waals surface area contributed by atoms with Gasteiger partial charge < -0.3 is 9.64 Å². The van der Waals surface area contributed by atoms with Crippen LogP contribution in [-0.4, -0.2) is 55.5 Å². The van der Waals surface area contributed by atoms with E-state index in [0.29, 0.717) is 45.4 Å². The maximum absolute atomic E-state index is 13.2. The van der Waals surface area contributed by atoms with E-state index in [-0.39, 0.29) is 17.3 Å². The van der Waals surface area contributed by atoms with E-state index < -0.39 is 21.6 Å². The normalized spacial score (nSPS) is 19.3. The van der Waals surface area contributed by atoms with Gasteiger partial charge in [0.25, 0.3) is 0 Å². The van der Waals surface area contributed by atoms with Gasteiger partial charge in [0.2, 0.25) is 15.9 Å². The first-order chi connectivity index (χ1) is 14.4. The maximum atomic E-state index is 13.2. The second kappa shape index (κ2) is 8.45. The van der Waals surface area contributed by atoms with Gasteiger partial charge in [-0.1, -0.05) is 30.3 Å². The van der Waals surface area contributed by atoms with Crippen molar-refractivity contribution in [3.8, 4) is 0 Å². The molecule has 0 bridgehead atoms. The van der Waals surface area contributed by atoms with Crippen LogP contribution in [0.2, 0.25) is 0 Å². The Kier molecular flexibility index (Phi) is 5.90. The van der Waals surface area contributed by atoms with Crippen molar-refractivity contribution < 1.29 is 22.3 Å². The third kappa shape index (κ3) is 4.12. The molecule has 160 valence electrons. The minimum Gasteiger partial charge on any atom is -0.358 e. The number of hydrogen-bond acceptors (Lipinski definition) is 4. The number of carbonyl (C=O) groups is 1. The van der Waals surface area contributed by atoms with E-state index in [0.717, 1.165) is 17.7 Å². The molecule has 2 fully saturated rings.